The van der Waals surface area contributed by atoms with Crippen LogP contribution in [0.5, 0.6) is 5.75 Å². The number of H-pyrrole nitrogens is 1. The topological polar surface area (TPSA) is 250 Å². The number of aliphatic carboxylic acids is 1. The summed E-state index contributed by atoms with van der Waals surface area (Å²) in [7, 11) is 0. The van der Waals surface area contributed by atoms with Gasteiger partial charge in [0, 0.05) is 23.5 Å². The number of aliphatic hydroxyl groups is 1. The zero-order valence-corrected chi connectivity index (χ0v) is 21.9. The number of aliphatic hydroxyl groups excluding tert-OH is 1. The highest BCUT2D eigenvalue weighted by atomic mass is 16.4. The molecule has 0 saturated carbocycles. The minimum Gasteiger partial charge on any atom is -0.508 e. The summed E-state index contributed by atoms with van der Waals surface area (Å²) in [5.74, 6) is -5.16. The van der Waals surface area contributed by atoms with Gasteiger partial charge in [0.25, 0.3) is 0 Å². The summed E-state index contributed by atoms with van der Waals surface area (Å²) in [6, 6.07) is 7.64. The summed E-state index contributed by atoms with van der Waals surface area (Å²) in [6.07, 6.45) is 1.11. The first-order valence-corrected chi connectivity index (χ1v) is 12.6. The van der Waals surface area contributed by atoms with Gasteiger partial charge in [-0.05, 0) is 35.7 Å². The van der Waals surface area contributed by atoms with E-state index in [4.69, 9.17) is 16.6 Å². The first-order chi connectivity index (χ1) is 19.5. The van der Waals surface area contributed by atoms with E-state index in [2.05, 4.69) is 15.6 Å². The number of hydrogen-bond acceptors (Lipinski definition) is 8. The van der Waals surface area contributed by atoms with E-state index in [0.29, 0.717) is 5.56 Å². The van der Waals surface area contributed by atoms with E-state index in [1.54, 1.807) is 6.20 Å². The molecule has 3 rings (SSSR count). The fraction of sp³-hybridized carbons (Fsp3) is 0.296. The second-order valence-electron chi connectivity index (χ2n) is 9.42. The Balaban J connectivity index is 1.79. The summed E-state index contributed by atoms with van der Waals surface area (Å²) in [6.45, 7) is -0.938. The van der Waals surface area contributed by atoms with Crippen LogP contribution in [0.4, 0.5) is 0 Å². The number of carbonyl (C=O) groups excluding carboxylic acids is 4. The molecule has 14 heteroatoms. The van der Waals surface area contributed by atoms with Gasteiger partial charge in [0.1, 0.15) is 23.9 Å². The number of nitrogens with one attached hydrogen (secondary N) is 4. The van der Waals surface area contributed by atoms with Crippen molar-refractivity contribution in [1.29, 1.82) is 0 Å². The number of rotatable bonds is 14. The Morgan fingerprint density at radius 3 is 2.07 bits per heavy atom. The monoisotopic (exact) mass is 568 g/mol. The third kappa shape index (κ3) is 8.52. The summed E-state index contributed by atoms with van der Waals surface area (Å²) in [4.78, 5) is 65.0. The quantitative estimate of drug-likeness (QED) is 0.108. The lowest BCUT2D eigenvalue weighted by atomic mass is 10.0. The van der Waals surface area contributed by atoms with Crippen LogP contribution in [-0.4, -0.2) is 80.7 Å². The lowest BCUT2D eigenvalue weighted by Crippen LogP contribution is -2.58. The predicted octanol–water partition coefficient (Wildman–Crippen LogP) is -1.61. The summed E-state index contributed by atoms with van der Waals surface area (Å²) in [5.41, 5.74) is 13.6. The molecule has 0 radical (unpaired) electrons. The molecule has 4 unspecified atom stereocenters. The molecule has 0 spiro atoms. The van der Waals surface area contributed by atoms with E-state index < -0.39 is 66.8 Å². The fourth-order valence-electron chi connectivity index (χ4n) is 4.13. The first-order valence-electron chi connectivity index (χ1n) is 12.6. The number of primary amides is 1. The van der Waals surface area contributed by atoms with Crippen molar-refractivity contribution in [2.24, 2.45) is 11.5 Å². The van der Waals surface area contributed by atoms with Crippen LogP contribution in [0.15, 0.2) is 54.7 Å². The van der Waals surface area contributed by atoms with E-state index in [9.17, 15) is 34.2 Å². The molecular weight excluding hydrogens is 536 g/mol. The van der Waals surface area contributed by atoms with Gasteiger partial charge < -0.3 is 47.7 Å². The maximum atomic E-state index is 13.3. The molecule has 1 aromatic heterocycles. The predicted molar refractivity (Wildman–Crippen MR) is 146 cm³/mol. The number of carbonyl (C=O) groups is 5. The number of aromatic amines is 1. The number of para-hydroxylation sites is 1. The third-order valence-corrected chi connectivity index (χ3v) is 6.30. The average molecular weight is 569 g/mol. The van der Waals surface area contributed by atoms with Crippen molar-refractivity contribution in [1.82, 2.24) is 20.9 Å². The molecule has 3 aromatic rings. The highest BCUT2D eigenvalue weighted by molar-refractivity contribution is 5.96. The fourth-order valence-corrected chi connectivity index (χ4v) is 4.13. The zero-order valence-electron chi connectivity index (χ0n) is 21.9. The molecule has 0 fully saturated rings. The van der Waals surface area contributed by atoms with Gasteiger partial charge in [-0.25, -0.2) is 4.79 Å². The first kappa shape index (κ1) is 30.6. The minimum atomic E-state index is -1.69. The molecule has 4 amide bonds. The van der Waals surface area contributed by atoms with Crippen LogP contribution >= 0.6 is 0 Å². The van der Waals surface area contributed by atoms with Gasteiger partial charge in [-0.1, -0.05) is 30.3 Å². The minimum absolute atomic E-state index is 0.0189. The molecule has 0 aliphatic heterocycles. The molecular formula is C27H32N6O8. The lowest BCUT2D eigenvalue weighted by Gasteiger charge is -2.24. The second-order valence-corrected chi connectivity index (χ2v) is 9.42. The second kappa shape index (κ2) is 13.9. The van der Waals surface area contributed by atoms with Crippen molar-refractivity contribution < 1.29 is 39.3 Å². The van der Waals surface area contributed by atoms with Crippen molar-refractivity contribution in [3.05, 3.63) is 65.9 Å². The molecule has 0 saturated heterocycles. The van der Waals surface area contributed by atoms with Gasteiger partial charge in [0.05, 0.1) is 19.1 Å². The largest absolute Gasteiger partial charge is 0.508 e. The zero-order chi connectivity index (χ0) is 30.1. The number of amides is 4. The van der Waals surface area contributed by atoms with E-state index >= 15 is 0 Å². The molecule has 0 aliphatic carbocycles. The molecule has 1 heterocycles. The Morgan fingerprint density at radius 1 is 0.829 bits per heavy atom. The molecule has 0 bridgehead atoms. The van der Waals surface area contributed by atoms with Crippen LogP contribution in [0.3, 0.4) is 0 Å². The molecule has 2 aromatic carbocycles. The van der Waals surface area contributed by atoms with E-state index in [0.717, 1.165) is 16.5 Å². The number of aromatic hydroxyl groups is 1. The molecule has 218 valence electrons. The van der Waals surface area contributed by atoms with Crippen molar-refractivity contribution in [3.8, 4) is 5.75 Å². The Labute approximate surface area is 234 Å². The van der Waals surface area contributed by atoms with Gasteiger partial charge in [-0.15, -0.1) is 0 Å². The molecule has 11 N–H and O–H groups in total. The van der Waals surface area contributed by atoms with Gasteiger partial charge in [-0.3, -0.25) is 19.2 Å². The van der Waals surface area contributed by atoms with Crippen LogP contribution in [-0.2, 0) is 36.8 Å². The maximum absolute atomic E-state index is 13.3. The Kier molecular flexibility index (Phi) is 10.4. The number of phenolic OH excluding ortho intramolecular Hbond substituents is 1. The number of nitrogens with two attached hydrogens (primary N) is 2. The summed E-state index contributed by atoms with van der Waals surface area (Å²) >= 11 is 0. The number of hydrogen-bond donors (Lipinski definition) is 9. The number of fused-ring (bicyclic) bond motifs is 1. The third-order valence-electron chi connectivity index (χ3n) is 6.30. The van der Waals surface area contributed by atoms with Crippen molar-refractivity contribution in [3.63, 3.8) is 0 Å². The molecule has 0 aliphatic rings. The van der Waals surface area contributed by atoms with Gasteiger partial charge in [0.2, 0.25) is 23.6 Å². The smallest absolute Gasteiger partial charge is 0.328 e. The highest BCUT2D eigenvalue weighted by Crippen LogP contribution is 2.19. The molecule has 14 nitrogen and oxygen atoms in total. The Hall–Kier alpha value is -4.95. The van der Waals surface area contributed by atoms with Crippen molar-refractivity contribution >= 4 is 40.5 Å². The Morgan fingerprint density at radius 2 is 1.44 bits per heavy atom. The van der Waals surface area contributed by atoms with Crippen LogP contribution in [0.25, 0.3) is 10.9 Å². The van der Waals surface area contributed by atoms with Crippen LogP contribution in [0.2, 0.25) is 0 Å². The summed E-state index contributed by atoms with van der Waals surface area (Å²) in [5, 5.41) is 35.7. The van der Waals surface area contributed by atoms with Gasteiger partial charge in [-0.2, -0.15) is 0 Å². The number of carboxylic acids is 1. The normalized spacial score (nSPS) is 13.9. The van der Waals surface area contributed by atoms with Crippen molar-refractivity contribution in [2.45, 2.75) is 43.4 Å². The van der Waals surface area contributed by atoms with Gasteiger partial charge in [0.15, 0.2) is 0 Å². The average Bonchev–Trinajstić information content (AvgIpc) is 3.34. The van der Waals surface area contributed by atoms with Crippen molar-refractivity contribution in [2.75, 3.05) is 6.61 Å². The van der Waals surface area contributed by atoms with Crippen LogP contribution in [0.1, 0.15) is 17.5 Å². The van der Waals surface area contributed by atoms with E-state index in [1.165, 1.54) is 24.3 Å². The molecule has 41 heavy (non-hydrogen) atoms. The standard InChI is InChI=1S/C27H32N6O8/c28-18(10-15-12-30-19-4-2-1-3-17(15)19)24(37)31-20(9-14-5-7-16(35)8-6-14)25(38)32-21(11-23(29)36)26(39)33-22(13-34)27(40)41/h1-8,12,18,20-22,30,34-35H,9-11,13,28H2,(H2,29,36)(H,31,37)(H,32,38)(H,33,39)(H,40,41). The van der Waals surface area contributed by atoms with Crippen LogP contribution in [0, 0.1) is 0 Å². The number of phenols is 1. The highest BCUT2D eigenvalue weighted by Gasteiger charge is 2.31. The number of aromatic nitrogens is 1. The van der Waals surface area contributed by atoms with E-state index in [-0.39, 0.29) is 18.6 Å². The maximum Gasteiger partial charge on any atom is 0.328 e. The van der Waals surface area contributed by atoms with E-state index in [1.807, 2.05) is 29.6 Å². The lowest BCUT2D eigenvalue weighted by molar-refractivity contribution is -0.143. The number of benzene rings is 2. The Bertz CT molecular complexity index is 1410. The molecule has 4 atom stereocenters. The van der Waals surface area contributed by atoms with Crippen LogP contribution < -0.4 is 27.4 Å². The van der Waals surface area contributed by atoms with Gasteiger partial charge >= 0.3 is 5.97 Å². The number of carboxylic acid groups (broad SMARTS) is 1. The summed E-state index contributed by atoms with van der Waals surface area (Å²) < 4.78 is 0. The SMILES string of the molecule is NC(=O)CC(NC(=O)C(Cc1ccc(O)cc1)NC(=O)C(N)Cc1c[nH]c2ccccc12)C(=O)NC(CO)C(=O)O.